The van der Waals surface area contributed by atoms with Crippen LogP contribution in [0.15, 0.2) is 36.4 Å². The van der Waals surface area contributed by atoms with Crippen molar-refractivity contribution in [1.29, 1.82) is 0 Å². The number of carboxylic acid groups (broad SMARTS) is 1. The van der Waals surface area contributed by atoms with Gasteiger partial charge in [-0.1, -0.05) is 24.3 Å². The number of nitrogens with zero attached hydrogens (tertiary/aromatic N) is 1. The largest absolute Gasteiger partial charge is 0.497 e. The summed E-state index contributed by atoms with van der Waals surface area (Å²) in [5.41, 5.74) is 0.796. The van der Waals surface area contributed by atoms with Gasteiger partial charge in [-0.3, -0.25) is 9.59 Å². The lowest BCUT2D eigenvalue weighted by atomic mass is 9.96. The van der Waals surface area contributed by atoms with Crippen LogP contribution in [0.4, 0.5) is 0 Å². The number of ether oxygens (including phenoxy) is 1. The summed E-state index contributed by atoms with van der Waals surface area (Å²) in [4.78, 5) is 36.9. The lowest BCUT2D eigenvalue weighted by molar-refractivity contribution is -0.149. The van der Waals surface area contributed by atoms with Gasteiger partial charge in [0.1, 0.15) is 11.8 Å². The van der Waals surface area contributed by atoms with Crippen molar-refractivity contribution in [3.63, 3.8) is 0 Å². The maximum atomic E-state index is 13.0. The Bertz CT molecular complexity index is 880. The summed E-state index contributed by atoms with van der Waals surface area (Å²) in [5, 5.41) is 13.9. The van der Waals surface area contributed by atoms with E-state index in [1.54, 1.807) is 14.0 Å². The number of fused-ring (bicyclic) bond motifs is 1. The van der Waals surface area contributed by atoms with Crippen LogP contribution in [0, 0.1) is 0 Å². The highest BCUT2D eigenvalue weighted by atomic mass is 16.5. The van der Waals surface area contributed by atoms with Crippen LogP contribution < -0.4 is 10.1 Å². The molecule has 0 spiro atoms. The van der Waals surface area contributed by atoms with Crippen molar-refractivity contribution in [2.45, 2.75) is 32.7 Å². The van der Waals surface area contributed by atoms with Gasteiger partial charge < -0.3 is 20.1 Å². The van der Waals surface area contributed by atoms with Crippen molar-refractivity contribution in [2.24, 2.45) is 0 Å². The van der Waals surface area contributed by atoms with Gasteiger partial charge in [0, 0.05) is 20.0 Å². The number of methoxy groups -OCH3 is 1. The minimum atomic E-state index is -1.09. The molecular formula is C21H26N2O5. The van der Waals surface area contributed by atoms with Gasteiger partial charge >= 0.3 is 5.97 Å². The van der Waals surface area contributed by atoms with Crippen molar-refractivity contribution in [3.05, 3.63) is 42.0 Å². The minimum absolute atomic E-state index is 0.126. The highest BCUT2D eigenvalue weighted by Gasteiger charge is 2.29. The Balaban J connectivity index is 2.25. The fraction of sp³-hybridized carbons (Fsp3) is 0.381. The third kappa shape index (κ3) is 5.00. The molecule has 2 N–H and O–H groups in total. The van der Waals surface area contributed by atoms with E-state index >= 15 is 0 Å². The molecule has 0 radical (unpaired) electrons. The molecule has 0 fully saturated rings. The molecule has 0 aromatic heterocycles. The zero-order valence-corrected chi connectivity index (χ0v) is 16.6. The quantitative estimate of drug-likeness (QED) is 0.726. The zero-order chi connectivity index (χ0) is 20.8. The average Bonchev–Trinajstić information content (AvgIpc) is 2.68. The monoisotopic (exact) mass is 386 g/mol. The SMILES string of the molecule is COc1ccc2cc([C@H](C)C(=O)N(CCNC(C)=O)C(C)C(=O)O)ccc2c1. The number of benzene rings is 2. The number of hydrogen-bond acceptors (Lipinski definition) is 4. The Morgan fingerprint density at radius 2 is 1.75 bits per heavy atom. The van der Waals surface area contributed by atoms with Crippen molar-refractivity contribution in [2.75, 3.05) is 20.2 Å². The number of amides is 2. The predicted molar refractivity (Wildman–Crippen MR) is 106 cm³/mol. The smallest absolute Gasteiger partial charge is 0.326 e. The van der Waals surface area contributed by atoms with Gasteiger partial charge in [-0.05, 0) is 42.3 Å². The molecule has 0 bridgehead atoms. The van der Waals surface area contributed by atoms with E-state index in [1.807, 2.05) is 36.4 Å². The summed E-state index contributed by atoms with van der Waals surface area (Å²) in [6.07, 6.45) is 0. The predicted octanol–water partition coefficient (Wildman–Crippen LogP) is 2.39. The highest BCUT2D eigenvalue weighted by molar-refractivity contribution is 5.90. The molecule has 7 nitrogen and oxygen atoms in total. The number of aliphatic carboxylic acids is 1. The standard InChI is InChI=1S/C21H26N2O5/c1-13(16-5-6-18-12-19(28-4)8-7-17(18)11-16)20(25)23(14(2)21(26)27)10-9-22-15(3)24/h5-8,11-14H,9-10H2,1-4H3,(H,22,24)(H,26,27)/t13-,14?/m0/s1. The van der Waals surface area contributed by atoms with E-state index in [2.05, 4.69) is 5.32 Å². The summed E-state index contributed by atoms with van der Waals surface area (Å²) in [7, 11) is 1.61. The summed E-state index contributed by atoms with van der Waals surface area (Å²) in [5.74, 6) is -1.38. The molecule has 2 amide bonds. The first-order valence-electron chi connectivity index (χ1n) is 9.10. The Labute approximate surface area is 164 Å². The van der Waals surface area contributed by atoms with E-state index < -0.39 is 17.9 Å². The molecule has 7 heteroatoms. The molecule has 0 saturated carbocycles. The number of carbonyl (C=O) groups excluding carboxylic acids is 2. The lowest BCUT2D eigenvalue weighted by Crippen LogP contribution is -2.48. The number of nitrogens with one attached hydrogen (secondary N) is 1. The molecule has 2 atom stereocenters. The third-order valence-electron chi connectivity index (χ3n) is 4.78. The second kappa shape index (κ2) is 9.21. The molecule has 0 aliphatic heterocycles. The number of carbonyl (C=O) groups is 3. The molecule has 28 heavy (non-hydrogen) atoms. The molecule has 1 unspecified atom stereocenters. The minimum Gasteiger partial charge on any atom is -0.497 e. The molecule has 2 rings (SSSR count). The first kappa shape index (κ1) is 21.2. The van der Waals surface area contributed by atoms with Crippen LogP contribution >= 0.6 is 0 Å². The van der Waals surface area contributed by atoms with Gasteiger partial charge in [-0.15, -0.1) is 0 Å². The van der Waals surface area contributed by atoms with E-state index in [0.717, 1.165) is 22.1 Å². The van der Waals surface area contributed by atoms with E-state index in [0.29, 0.717) is 0 Å². The molecule has 2 aromatic carbocycles. The second-order valence-corrected chi connectivity index (χ2v) is 6.72. The van der Waals surface area contributed by atoms with E-state index in [-0.39, 0.29) is 24.9 Å². The van der Waals surface area contributed by atoms with Crippen LogP contribution in [-0.4, -0.2) is 54.0 Å². The summed E-state index contributed by atoms with van der Waals surface area (Å²) >= 11 is 0. The molecule has 0 saturated heterocycles. The van der Waals surface area contributed by atoms with Crippen LogP contribution in [0.1, 0.15) is 32.3 Å². The Hall–Kier alpha value is -3.09. The number of carboxylic acids is 1. The normalized spacial score (nSPS) is 12.9. The van der Waals surface area contributed by atoms with Crippen LogP contribution in [0.2, 0.25) is 0 Å². The van der Waals surface area contributed by atoms with E-state index in [9.17, 15) is 19.5 Å². The van der Waals surface area contributed by atoms with Crippen LogP contribution in [-0.2, 0) is 14.4 Å². The molecule has 0 aliphatic rings. The second-order valence-electron chi connectivity index (χ2n) is 6.72. The van der Waals surface area contributed by atoms with Crippen LogP contribution in [0.25, 0.3) is 10.8 Å². The van der Waals surface area contributed by atoms with Crippen molar-refractivity contribution >= 4 is 28.6 Å². The molecule has 150 valence electrons. The third-order valence-corrected chi connectivity index (χ3v) is 4.78. The Kier molecular flexibility index (Phi) is 6.98. The summed E-state index contributed by atoms with van der Waals surface area (Å²) in [6.45, 7) is 4.92. The lowest BCUT2D eigenvalue weighted by Gasteiger charge is -2.29. The van der Waals surface area contributed by atoms with Gasteiger partial charge in [0.05, 0.1) is 13.0 Å². The fourth-order valence-electron chi connectivity index (χ4n) is 3.01. The Morgan fingerprint density at radius 3 is 2.36 bits per heavy atom. The van der Waals surface area contributed by atoms with Gasteiger partial charge in [0.15, 0.2) is 0 Å². The van der Waals surface area contributed by atoms with Gasteiger partial charge in [-0.25, -0.2) is 4.79 Å². The Morgan fingerprint density at radius 1 is 1.11 bits per heavy atom. The average molecular weight is 386 g/mol. The molecular weight excluding hydrogens is 360 g/mol. The topological polar surface area (TPSA) is 95.9 Å². The first-order valence-corrected chi connectivity index (χ1v) is 9.10. The van der Waals surface area contributed by atoms with Crippen molar-refractivity contribution in [3.8, 4) is 5.75 Å². The van der Waals surface area contributed by atoms with Gasteiger partial charge in [0.25, 0.3) is 0 Å². The fourth-order valence-corrected chi connectivity index (χ4v) is 3.01. The zero-order valence-electron chi connectivity index (χ0n) is 16.6. The number of rotatable bonds is 8. The van der Waals surface area contributed by atoms with Crippen LogP contribution in [0.5, 0.6) is 5.75 Å². The molecule has 2 aromatic rings. The van der Waals surface area contributed by atoms with Gasteiger partial charge in [0.2, 0.25) is 11.8 Å². The summed E-state index contributed by atoms with van der Waals surface area (Å²) in [6, 6.07) is 10.4. The summed E-state index contributed by atoms with van der Waals surface area (Å²) < 4.78 is 5.23. The van der Waals surface area contributed by atoms with Crippen molar-refractivity contribution < 1.29 is 24.2 Å². The maximum absolute atomic E-state index is 13.0. The highest BCUT2D eigenvalue weighted by Crippen LogP contribution is 2.26. The van der Waals surface area contributed by atoms with Crippen LogP contribution in [0.3, 0.4) is 0 Å². The molecule has 0 aliphatic carbocycles. The molecule has 0 heterocycles. The maximum Gasteiger partial charge on any atom is 0.326 e. The first-order chi connectivity index (χ1) is 13.2. The van der Waals surface area contributed by atoms with Crippen molar-refractivity contribution in [1.82, 2.24) is 10.2 Å². The number of hydrogen-bond donors (Lipinski definition) is 2. The van der Waals surface area contributed by atoms with Gasteiger partial charge in [-0.2, -0.15) is 0 Å². The van der Waals surface area contributed by atoms with E-state index in [4.69, 9.17) is 4.74 Å². The van der Waals surface area contributed by atoms with E-state index in [1.165, 1.54) is 18.7 Å².